The van der Waals surface area contributed by atoms with Gasteiger partial charge in [-0.3, -0.25) is 19.8 Å². The number of halogens is 3. The molecular weight excluding hydrogens is 451 g/mol. The summed E-state index contributed by atoms with van der Waals surface area (Å²) < 4.78 is 40.4. The number of alkyl halides is 3. The largest absolute Gasteiger partial charge is 0.391 e. The van der Waals surface area contributed by atoms with E-state index in [1.807, 2.05) is 6.07 Å². The molecule has 1 unspecified atom stereocenters. The molecule has 2 N–H and O–H groups in total. The van der Waals surface area contributed by atoms with Crippen molar-refractivity contribution >= 4 is 11.9 Å². The van der Waals surface area contributed by atoms with Gasteiger partial charge >= 0.3 is 11.9 Å². The summed E-state index contributed by atoms with van der Waals surface area (Å²) >= 11 is 0. The van der Waals surface area contributed by atoms with E-state index in [2.05, 4.69) is 30.0 Å². The molecule has 12 heteroatoms. The summed E-state index contributed by atoms with van der Waals surface area (Å²) in [6, 6.07) is 4.32. The average molecular weight is 467 g/mol. The van der Waals surface area contributed by atoms with Crippen LogP contribution in [0, 0.1) is 0 Å². The number of imidazole rings is 1. The van der Waals surface area contributed by atoms with Gasteiger partial charge in [0.15, 0.2) is 5.65 Å². The SMILES string of the molecule is O=c1[nH]cc(-c2cc([C@H]3C[C@@H]3c3ccc4c(n3)C(CC(F)(F)F)N=C4)c3nccn3n2)c(=O)[nH]1. The summed E-state index contributed by atoms with van der Waals surface area (Å²) in [5.74, 6) is -0.00974. The molecule has 5 heterocycles. The Labute approximate surface area is 188 Å². The summed E-state index contributed by atoms with van der Waals surface area (Å²) in [5.41, 5.74) is 2.51. The fourth-order valence-corrected chi connectivity index (χ4v) is 4.50. The summed E-state index contributed by atoms with van der Waals surface area (Å²) in [4.78, 5) is 41.3. The Kier molecular flexibility index (Phi) is 4.35. The number of H-pyrrole nitrogens is 2. The van der Waals surface area contributed by atoms with E-state index < -0.39 is 29.9 Å². The first-order valence-electron chi connectivity index (χ1n) is 10.5. The van der Waals surface area contributed by atoms with E-state index >= 15 is 0 Å². The van der Waals surface area contributed by atoms with Gasteiger partial charge in [-0.2, -0.15) is 18.3 Å². The summed E-state index contributed by atoms with van der Waals surface area (Å²) in [5, 5.41) is 4.43. The number of hydrogen-bond acceptors (Lipinski definition) is 6. The van der Waals surface area contributed by atoms with E-state index in [0.29, 0.717) is 28.3 Å². The number of aromatic nitrogens is 6. The van der Waals surface area contributed by atoms with Gasteiger partial charge in [-0.05, 0) is 30.5 Å². The molecule has 4 aromatic heterocycles. The second-order valence-corrected chi connectivity index (χ2v) is 8.44. The highest BCUT2D eigenvalue weighted by molar-refractivity contribution is 5.84. The zero-order valence-corrected chi connectivity index (χ0v) is 17.4. The smallest absolute Gasteiger partial charge is 0.313 e. The van der Waals surface area contributed by atoms with Gasteiger partial charge in [0.05, 0.1) is 23.4 Å². The van der Waals surface area contributed by atoms with Crippen LogP contribution < -0.4 is 11.2 Å². The molecular formula is C22H16F3N7O2. The molecule has 1 saturated carbocycles. The molecule has 1 aliphatic heterocycles. The van der Waals surface area contributed by atoms with Crippen LogP contribution >= 0.6 is 0 Å². The Bertz CT molecular complexity index is 1580. The van der Waals surface area contributed by atoms with Crippen LogP contribution in [0.2, 0.25) is 0 Å². The zero-order valence-electron chi connectivity index (χ0n) is 17.4. The number of aromatic amines is 2. The minimum absolute atomic E-state index is 0.00225. The Morgan fingerprint density at radius 2 is 2.03 bits per heavy atom. The maximum atomic E-state index is 12.9. The molecule has 0 spiro atoms. The number of rotatable bonds is 4. The second kappa shape index (κ2) is 7.20. The lowest BCUT2D eigenvalue weighted by Gasteiger charge is -2.13. The van der Waals surface area contributed by atoms with E-state index in [1.54, 1.807) is 29.0 Å². The molecule has 4 aromatic rings. The number of nitrogens with zero attached hydrogens (tertiary/aromatic N) is 5. The lowest BCUT2D eigenvalue weighted by Crippen LogP contribution is -2.23. The van der Waals surface area contributed by atoms with Crippen molar-refractivity contribution in [2.24, 2.45) is 4.99 Å². The Morgan fingerprint density at radius 1 is 1.18 bits per heavy atom. The number of fused-ring (bicyclic) bond motifs is 2. The van der Waals surface area contributed by atoms with Crippen LogP contribution in [-0.2, 0) is 0 Å². The number of aliphatic imine (C=N–C) groups is 1. The van der Waals surface area contributed by atoms with Crippen molar-refractivity contribution in [3.8, 4) is 11.3 Å². The standard InChI is InChI=1S/C22H16F3N7O2/c23-22(24,25)7-17-18-10(8-27-17)1-2-15(29-18)12-5-11(12)13-6-16(31-32-4-3-26-19(13)32)14-9-28-21(34)30-20(14)33/h1-4,6,8-9,11-12,17H,5,7H2,(H2,28,30,33,34)/t11-,12-,17?/m0/s1. The molecule has 3 atom stereocenters. The predicted molar refractivity (Wildman–Crippen MR) is 115 cm³/mol. The maximum Gasteiger partial charge on any atom is 0.391 e. The van der Waals surface area contributed by atoms with Gasteiger partial charge in [0.25, 0.3) is 5.56 Å². The quantitative estimate of drug-likeness (QED) is 0.478. The second-order valence-electron chi connectivity index (χ2n) is 8.44. The molecule has 1 fully saturated rings. The first kappa shape index (κ1) is 20.5. The normalized spacial score (nSPS) is 21.2. The number of pyridine rings is 1. The molecule has 0 bridgehead atoms. The van der Waals surface area contributed by atoms with Crippen LogP contribution in [0.15, 0.2) is 51.4 Å². The van der Waals surface area contributed by atoms with Crippen LogP contribution in [0.4, 0.5) is 13.2 Å². The van der Waals surface area contributed by atoms with Crippen LogP contribution in [0.1, 0.15) is 53.2 Å². The van der Waals surface area contributed by atoms with Crippen molar-refractivity contribution in [3.05, 3.63) is 80.1 Å². The molecule has 0 aromatic carbocycles. The lowest BCUT2D eigenvalue weighted by atomic mass is 10.0. The van der Waals surface area contributed by atoms with Crippen molar-refractivity contribution < 1.29 is 13.2 Å². The van der Waals surface area contributed by atoms with Crippen molar-refractivity contribution in [3.63, 3.8) is 0 Å². The molecule has 0 amide bonds. The van der Waals surface area contributed by atoms with Crippen molar-refractivity contribution in [2.75, 3.05) is 0 Å². The number of nitrogens with one attached hydrogen (secondary N) is 2. The van der Waals surface area contributed by atoms with Gasteiger partial charge < -0.3 is 4.98 Å². The lowest BCUT2D eigenvalue weighted by molar-refractivity contribution is -0.138. The topological polar surface area (TPSA) is 121 Å². The van der Waals surface area contributed by atoms with Crippen LogP contribution in [-0.4, -0.2) is 41.9 Å². The third kappa shape index (κ3) is 3.51. The minimum Gasteiger partial charge on any atom is -0.313 e. The molecule has 2 aliphatic rings. The van der Waals surface area contributed by atoms with Gasteiger partial charge in [0.1, 0.15) is 6.04 Å². The summed E-state index contributed by atoms with van der Waals surface area (Å²) in [7, 11) is 0. The van der Waals surface area contributed by atoms with Gasteiger partial charge in [-0.1, -0.05) is 0 Å². The van der Waals surface area contributed by atoms with E-state index in [1.165, 1.54) is 12.4 Å². The zero-order chi connectivity index (χ0) is 23.6. The summed E-state index contributed by atoms with van der Waals surface area (Å²) in [6.07, 6.45) is 1.36. The highest BCUT2D eigenvalue weighted by atomic mass is 19.4. The third-order valence-corrected chi connectivity index (χ3v) is 6.17. The van der Waals surface area contributed by atoms with Crippen molar-refractivity contribution in [1.82, 2.24) is 29.5 Å². The minimum atomic E-state index is -4.33. The van der Waals surface area contributed by atoms with Gasteiger partial charge in [0.2, 0.25) is 0 Å². The number of hydrogen-bond donors (Lipinski definition) is 2. The fraction of sp³-hybridized carbons (Fsp3) is 0.273. The van der Waals surface area contributed by atoms with Gasteiger partial charge in [0, 0.05) is 47.5 Å². The molecule has 1 aliphatic carbocycles. The monoisotopic (exact) mass is 467 g/mol. The maximum absolute atomic E-state index is 12.9. The van der Waals surface area contributed by atoms with Crippen LogP contribution in [0.3, 0.4) is 0 Å². The Morgan fingerprint density at radius 3 is 2.82 bits per heavy atom. The highest BCUT2D eigenvalue weighted by Crippen LogP contribution is 2.55. The van der Waals surface area contributed by atoms with Gasteiger partial charge in [-0.25, -0.2) is 14.3 Å². The predicted octanol–water partition coefficient (Wildman–Crippen LogP) is 2.87. The van der Waals surface area contributed by atoms with Crippen LogP contribution in [0.25, 0.3) is 16.9 Å². The van der Waals surface area contributed by atoms with Gasteiger partial charge in [-0.15, -0.1) is 0 Å². The molecule has 6 rings (SSSR count). The summed E-state index contributed by atoms with van der Waals surface area (Å²) in [6.45, 7) is 0. The van der Waals surface area contributed by atoms with Crippen LogP contribution in [0.5, 0.6) is 0 Å². The van der Waals surface area contributed by atoms with E-state index in [9.17, 15) is 22.8 Å². The third-order valence-electron chi connectivity index (χ3n) is 6.17. The Balaban J connectivity index is 1.35. The average Bonchev–Trinajstić information content (AvgIpc) is 3.26. The van der Waals surface area contributed by atoms with Crippen molar-refractivity contribution in [1.29, 1.82) is 0 Å². The van der Waals surface area contributed by atoms with E-state index in [-0.39, 0.29) is 17.4 Å². The highest BCUT2D eigenvalue weighted by Gasteiger charge is 2.43. The molecule has 34 heavy (non-hydrogen) atoms. The first-order chi connectivity index (χ1) is 16.3. The molecule has 9 nitrogen and oxygen atoms in total. The van der Waals surface area contributed by atoms with E-state index in [0.717, 1.165) is 12.0 Å². The Hall–Kier alpha value is -4.09. The van der Waals surface area contributed by atoms with E-state index in [4.69, 9.17) is 0 Å². The molecule has 172 valence electrons. The van der Waals surface area contributed by atoms with Crippen molar-refractivity contribution in [2.45, 2.75) is 36.9 Å². The first-order valence-corrected chi connectivity index (χ1v) is 10.5. The fourth-order valence-electron chi connectivity index (χ4n) is 4.50. The molecule has 0 saturated heterocycles. The molecule has 0 radical (unpaired) electrons.